The van der Waals surface area contributed by atoms with Crippen molar-refractivity contribution in [1.82, 2.24) is 4.98 Å². The van der Waals surface area contributed by atoms with Crippen molar-refractivity contribution in [2.24, 2.45) is 0 Å². The molecule has 0 saturated carbocycles. The van der Waals surface area contributed by atoms with E-state index in [0.717, 1.165) is 0 Å². The first-order chi connectivity index (χ1) is 7.90. The first kappa shape index (κ1) is 9.42. The fourth-order valence-electron chi connectivity index (χ4n) is 2.12. The molecule has 0 fully saturated rings. The first-order valence-corrected chi connectivity index (χ1v) is 5.81. The number of hydrogen-bond donors (Lipinski definition) is 1. The highest BCUT2D eigenvalue weighted by Crippen LogP contribution is 2.27. The quantitative estimate of drug-likeness (QED) is 0.604. The van der Waals surface area contributed by atoms with Crippen LogP contribution in [0, 0.1) is 0 Å². The molecule has 1 heterocycles. The normalized spacial score (nSPS) is 11.8. The SMILES string of the molecule is [Si]C=Cc1cccc2c1[nH]c1ccccc12. The third-order valence-electron chi connectivity index (χ3n) is 2.84. The van der Waals surface area contributed by atoms with Crippen LogP contribution >= 0.6 is 0 Å². The fourth-order valence-corrected chi connectivity index (χ4v) is 2.30. The molecule has 0 spiro atoms. The smallest absolute Gasteiger partial charge is 0.0601 e. The van der Waals surface area contributed by atoms with Crippen LogP contribution in [-0.2, 0) is 0 Å². The molecule has 0 atom stereocenters. The Balaban J connectivity index is 2.48. The molecule has 0 saturated heterocycles. The van der Waals surface area contributed by atoms with Gasteiger partial charge in [0.25, 0.3) is 0 Å². The second-order valence-electron chi connectivity index (χ2n) is 3.77. The van der Waals surface area contributed by atoms with Crippen LogP contribution in [0.1, 0.15) is 5.56 Å². The van der Waals surface area contributed by atoms with E-state index in [2.05, 4.69) is 63.8 Å². The lowest BCUT2D eigenvalue weighted by molar-refractivity contribution is 1.53. The predicted octanol–water partition coefficient (Wildman–Crippen LogP) is 3.46. The van der Waals surface area contributed by atoms with Crippen molar-refractivity contribution < 1.29 is 0 Å². The Hall–Kier alpha value is -1.80. The van der Waals surface area contributed by atoms with Gasteiger partial charge in [-0.25, -0.2) is 0 Å². The molecule has 2 heteroatoms. The van der Waals surface area contributed by atoms with E-state index in [1.54, 1.807) is 0 Å². The topological polar surface area (TPSA) is 15.8 Å². The van der Waals surface area contributed by atoms with E-state index in [4.69, 9.17) is 0 Å². The molecule has 3 radical (unpaired) electrons. The summed E-state index contributed by atoms with van der Waals surface area (Å²) >= 11 is 0. The lowest BCUT2D eigenvalue weighted by Crippen LogP contribution is -1.75. The highest BCUT2D eigenvalue weighted by molar-refractivity contribution is 6.20. The second kappa shape index (κ2) is 3.65. The van der Waals surface area contributed by atoms with Crippen LogP contribution in [0.5, 0.6) is 0 Å². The Morgan fingerprint density at radius 2 is 1.75 bits per heavy atom. The van der Waals surface area contributed by atoms with E-state index in [1.165, 1.54) is 27.4 Å². The van der Waals surface area contributed by atoms with Gasteiger partial charge in [-0.2, -0.15) is 0 Å². The standard InChI is InChI=1S/C14H10NSi/c16-9-8-10-4-3-6-12-11-5-1-2-7-13(11)15-14(10)12/h1-9,15H. The molecule has 0 unspecified atom stereocenters. The van der Waals surface area contributed by atoms with Gasteiger partial charge in [0, 0.05) is 16.3 Å². The minimum absolute atomic E-state index is 1.19. The van der Waals surface area contributed by atoms with Gasteiger partial charge in [-0.05, 0) is 11.6 Å². The van der Waals surface area contributed by atoms with Crippen molar-refractivity contribution in [2.45, 2.75) is 0 Å². The van der Waals surface area contributed by atoms with Gasteiger partial charge >= 0.3 is 0 Å². The molecule has 3 aromatic rings. The van der Waals surface area contributed by atoms with Gasteiger partial charge in [0.1, 0.15) is 0 Å². The van der Waals surface area contributed by atoms with Crippen LogP contribution in [0.15, 0.2) is 48.2 Å². The third-order valence-corrected chi connectivity index (χ3v) is 3.00. The summed E-state index contributed by atoms with van der Waals surface area (Å²) in [6.07, 6.45) is 2.05. The summed E-state index contributed by atoms with van der Waals surface area (Å²) in [6, 6.07) is 14.7. The van der Waals surface area contributed by atoms with Crippen molar-refractivity contribution >= 4 is 38.1 Å². The Labute approximate surface area is 97.2 Å². The van der Waals surface area contributed by atoms with Crippen LogP contribution in [0.2, 0.25) is 0 Å². The van der Waals surface area contributed by atoms with Gasteiger partial charge in [-0.1, -0.05) is 42.5 Å². The number of fused-ring (bicyclic) bond motifs is 3. The molecule has 0 amide bonds. The molecule has 0 aliphatic carbocycles. The number of benzene rings is 2. The molecular formula is C14H10NSi. The second-order valence-corrected chi connectivity index (χ2v) is 4.11. The molecule has 1 aromatic heterocycles. The van der Waals surface area contributed by atoms with Crippen molar-refractivity contribution in [1.29, 1.82) is 0 Å². The van der Waals surface area contributed by atoms with Gasteiger partial charge in [0.05, 0.1) is 15.8 Å². The summed E-state index contributed by atoms with van der Waals surface area (Å²) in [5, 5.41) is 2.56. The Kier molecular flexibility index (Phi) is 2.15. The van der Waals surface area contributed by atoms with E-state index in [-0.39, 0.29) is 0 Å². The predicted molar refractivity (Wildman–Crippen MR) is 70.6 cm³/mol. The van der Waals surface area contributed by atoms with E-state index in [1.807, 2.05) is 5.70 Å². The summed E-state index contributed by atoms with van der Waals surface area (Å²) in [7, 11) is 3.37. The van der Waals surface area contributed by atoms with Crippen molar-refractivity contribution in [3.8, 4) is 0 Å². The molecule has 1 nitrogen and oxygen atoms in total. The Morgan fingerprint density at radius 1 is 0.938 bits per heavy atom. The largest absolute Gasteiger partial charge is 0.354 e. The number of H-pyrrole nitrogens is 1. The summed E-state index contributed by atoms with van der Waals surface area (Å²) in [5.74, 6) is 0. The van der Waals surface area contributed by atoms with Gasteiger partial charge in [-0.15, -0.1) is 5.70 Å². The average Bonchev–Trinajstić information content (AvgIpc) is 2.69. The number of hydrogen-bond acceptors (Lipinski definition) is 0. The number of nitrogens with one attached hydrogen (secondary N) is 1. The lowest BCUT2D eigenvalue weighted by atomic mass is 10.1. The van der Waals surface area contributed by atoms with E-state index in [9.17, 15) is 0 Å². The fraction of sp³-hybridized carbons (Fsp3) is 0. The minimum Gasteiger partial charge on any atom is -0.354 e. The maximum atomic E-state index is 3.46. The number of aromatic nitrogens is 1. The summed E-state index contributed by atoms with van der Waals surface area (Å²) in [5.41, 5.74) is 5.45. The monoisotopic (exact) mass is 220 g/mol. The van der Waals surface area contributed by atoms with Crippen molar-refractivity contribution in [3.63, 3.8) is 0 Å². The molecule has 75 valence electrons. The first-order valence-electron chi connectivity index (χ1n) is 5.23. The Bertz CT molecular complexity index is 679. The van der Waals surface area contributed by atoms with E-state index >= 15 is 0 Å². The maximum Gasteiger partial charge on any atom is 0.0601 e. The number of para-hydroxylation sites is 2. The van der Waals surface area contributed by atoms with Gasteiger partial charge in [0.2, 0.25) is 0 Å². The number of rotatable bonds is 1. The van der Waals surface area contributed by atoms with E-state index in [0.29, 0.717) is 0 Å². The van der Waals surface area contributed by atoms with Crippen molar-refractivity contribution in [2.75, 3.05) is 0 Å². The molecular weight excluding hydrogens is 210 g/mol. The molecule has 3 rings (SSSR count). The zero-order valence-corrected chi connectivity index (χ0v) is 9.70. The molecule has 0 aliphatic rings. The number of aromatic amines is 1. The van der Waals surface area contributed by atoms with Gasteiger partial charge in [0.15, 0.2) is 0 Å². The molecule has 0 bridgehead atoms. The summed E-state index contributed by atoms with van der Waals surface area (Å²) < 4.78 is 0. The van der Waals surface area contributed by atoms with Gasteiger partial charge in [-0.3, -0.25) is 0 Å². The zero-order valence-electron chi connectivity index (χ0n) is 8.70. The third kappa shape index (κ3) is 1.31. The van der Waals surface area contributed by atoms with Crippen LogP contribution in [0.25, 0.3) is 27.9 Å². The maximum absolute atomic E-state index is 3.46. The highest BCUT2D eigenvalue weighted by Gasteiger charge is 2.04. The summed E-state index contributed by atoms with van der Waals surface area (Å²) in [6.45, 7) is 0. The van der Waals surface area contributed by atoms with E-state index < -0.39 is 0 Å². The molecule has 0 aliphatic heterocycles. The van der Waals surface area contributed by atoms with Crippen LogP contribution in [0.4, 0.5) is 0 Å². The van der Waals surface area contributed by atoms with Crippen LogP contribution < -0.4 is 0 Å². The summed E-state index contributed by atoms with van der Waals surface area (Å²) in [4.78, 5) is 3.46. The molecule has 1 N–H and O–H groups in total. The lowest BCUT2D eigenvalue weighted by Gasteiger charge is -1.95. The Morgan fingerprint density at radius 3 is 2.62 bits per heavy atom. The highest BCUT2D eigenvalue weighted by atomic mass is 28.1. The van der Waals surface area contributed by atoms with Crippen LogP contribution in [0.3, 0.4) is 0 Å². The molecule has 2 aromatic carbocycles. The van der Waals surface area contributed by atoms with Crippen LogP contribution in [-0.4, -0.2) is 15.2 Å². The zero-order chi connectivity index (χ0) is 11.0. The van der Waals surface area contributed by atoms with Crippen molar-refractivity contribution in [3.05, 3.63) is 53.7 Å². The average molecular weight is 220 g/mol. The van der Waals surface area contributed by atoms with Gasteiger partial charge < -0.3 is 4.98 Å². The minimum atomic E-state index is 1.19. The molecule has 16 heavy (non-hydrogen) atoms.